The van der Waals surface area contributed by atoms with E-state index in [-0.39, 0.29) is 23.8 Å². The highest BCUT2D eigenvalue weighted by Crippen LogP contribution is 2.40. The number of amides is 3. The van der Waals surface area contributed by atoms with Gasteiger partial charge in [0.15, 0.2) is 0 Å². The molecule has 8 nitrogen and oxygen atoms in total. The van der Waals surface area contributed by atoms with Crippen LogP contribution in [0.1, 0.15) is 31.8 Å². The zero-order valence-electron chi connectivity index (χ0n) is 18.7. The van der Waals surface area contributed by atoms with Gasteiger partial charge in [-0.05, 0) is 59.2 Å². The van der Waals surface area contributed by atoms with Gasteiger partial charge >= 0.3 is 0 Å². The van der Waals surface area contributed by atoms with Crippen molar-refractivity contribution in [3.8, 4) is 16.9 Å². The lowest BCUT2D eigenvalue weighted by atomic mass is 9.97. The van der Waals surface area contributed by atoms with Crippen LogP contribution in [0, 0.1) is 0 Å². The van der Waals surface area contributed by atoms with Crippen molar-refractivity contribution in [2.24, 2.45) is 0 Å². The first-order valence-corrected chi connectivity index (χ1v) is 11.3. The van der Waals surface area contributed by atoms with Crippen LogP contribution in [-0.2, 0) is 11.2 Å². The third-order valence-corrected chi connectivity index (χ3v) is 6.30. The number of nitrogen functional groups attached to an aromatic ring is 1. The fourth-order valence-corrected chi connectivity index (χ4v) is 4.45. The Morgan fingerprint density at radius 3 is 2.74 bits per heavy atom. The number of hydrogen-bond donors (Lipinski definition) is 2. The van der Waals surface area contributed by atoms with Crippen molar-refractivity contribution in [2.45, 2.75) is 12.5 Å². The molecule has 1 aromatic heterocycles. The summed E-state index contributed by atoms with van der Waals surface area (Å²) in [6, 6.07) is 12.4. The number of halogens is 1. The van der Waals surface area contributed by atoms with Gasteiger partial charge in [-0.3, -0.25) is 19.3 Å². The Kier molecular flexibility index (Phi) is 5.74. The molecule has 0 saturated heterocycles. The van der Waals surface area contributed by atoms with Gasteiger partial charge in [-0.2, -0.15) is 0 Å². The predicted octanol–water partition coefficient (Wildman–Crippen LogP) is 3.34. The smallest absolute Gasteiger partial charge is 0.261 e. The van der Waals surface area contributed by atoms with Gasteiger partial charge in [-0.1, -0.05) is 17.7 Å². The Labute approximate surface area is 206 Å². The summed E-state index contributed by atoms with van der Waals surface area (Å²) in [5.74, 6) is 0.126. The predicted molar refractivity (Wildman–Crippen MR) is 132 cm³/mol. The van der Waals surface area contributed by atoms with Crippen molar-refractivity contribution in [1.82, 2.24) is 15.2 Å². The third kappa shape index (κ3) is 4.36. The maximum atomic E-state index is 12.4. The molecule has 0 aliphatic carbocycles. The molecule has 9 heteroatoms. The van der Waals surface area contributed by atoms with Gasteiger partial charge in [0, 0.05) is 31.3 Å². The molecule has 0 bridgehead atoms. The summed E-state index contributed by atoms with van der Waals surface area (Å²) in [5.41, 5.74) is 9.62. The van der Waals surface area contributed by atoms with E-state index in [9.17, 15) is 14.4 Å². The van der Waals surface area contributed by atoms with E-state index in [0.29, 0.717) is 40.7 Å². The quantitative estimate of drug-likeness (QED) is 0.420. The lowest BCUT2D eigenvalue weighted by molar-refractivity contribution is -0.116. The Bertz CT molecular complexity index is 1400. The first-order valence-electron chi connectivity index (χ1n) is 10.9. The maximum Gasteiger partial charge on any atom is 0.261 e. The SMILES string of the molecule is CN1C(=O)c2ccc(-c3cc(Cl)c4c(c3)CC(CNC(=O)/C=C/c3ccc(N)nc3)O4)cc2C1=O. The number of nitrogens with one attached hydrogen (secondary N) is 1. The molecule has 5 rings (SSSR count). The van der Waals surface area contributed by atoms with Crippen molar-refractivity contribution in [2.75, 3.05) is 19.3 Å². The number of carbonyl (C=O) groups is 3. The molecule has 0 saturated carbocycles. The van der Waals surface area contributed by atoms with Gasteiger partial charge < -0.3 is 15.8 Å². The van der Waals surface area contributed by atoms with Gasteiger partial charge in [-0.25, -0.2) is 4.98 Å². The molecule has 2 aromatic carbocycles. The summed E-state index contributed by atoms with van der Waals surface area (Å²) < 4.78 is 5.97. The van der Waals surface area contributed by atoms with Crippen LogP contribution in [-0.4, -0.2) is 47.3 Å². The molecule has 0 fully saturated rings. The van der Waals surface area contributed by atoms with Gasteiger partial charge in [0.1, 0.15) is 17.7 Å². The topological polar surface area (TPSA) is 115 Å². The fourth-order valence-electron chi connectivity index (χ4n) is 4.17. The number of hydrogen-bond acceptors (Lipinski definition) is 6. The molecule has 0 radical (unpaired) electrons. The Hall–Kier alpha value is -4.17. The van der Waals surface area contributed by atoms with Crippen LogP contribution in [0.3, 0.4) is 0 Å². The van der Waals surface area contributed by atoms with Crippen LogP contribution in [0.15, 0.2) is 54.7 Å². The zero-order chi connectivity index (χ0) is 24.7. The average Bonchev–Trinajstić information content (AvgIpc) is 3.37. The Morgan fingerprint density at radius 2 is 1.97 bits per heavy atom. The van der Waals surface area contributed by atoms with Crippen molar-refractivity contribution in [1.29, 1.82) is 0 Å². The summed E-state index contributed by atoms with van der Waals surface area (Å²) in [5, 5.41) is 3.28. The minimum Gasteiger partial charge on any atom is -0.486 e. The first kappa shape index (κ1) is 22.6. The summed E-state index contributed by atoms with van der Waals surface area (Å²) in [7, 11) is 1.47. The number of anilines is 1. The van der Waals surface area contributed by atoms with Crippen LogP contribution in [0.4, 0.5) is 5.82 Å². The third-order valence-electron chi connectivity index (χ3n) is 6.02. The number of ether oxygens (including phenoxy) is 1. The van der Waals surface area contributed by atoms with E-state index in [0.717, 1.165) is 27.2 Å². The number of aromatic nitrogens is 1. The zero-order valence-corrected chi connectivity index (χ0v) is 19.5. The van der Waals surface area contributed by atoms with Crippen molar-refractivity contribution in [3.05, 3.63) is 82.0 Å². The lowest BCUT2D eigenvalue weighted by Crippen LogP contribution is -2.33. The maximum absolute atomic E-state index is 12.4. The molecular formula is C26H21ClN4O4. The molecular weight excluding hydrogens is 468 g/mol. The monoisotopic (exact) mass is 488 g/mol. The molecule has 1 atom stereocenters. The number of imide groups is 1. The highest BCUT2D eigenvalue weighted by Gasteiger charge is 2.33. The minimum atomic E-state index is -0.319. The summed E-state index contributed by atoms with van der Waals surface area (Å²) in [6.07, 6.45) is 4.98. The number of fused-ring (bicyclic) bond motifs is 2. The molecule has 176 valence electrons. The van der Waals surface area contributed by atoms with E-state index in [1.165, 1.54) is 13.1 Å². The Balaban J connectivity index is 1.26. The first-order chi connectivity index (χ1) is 16.8. The largest absolute Gasteiger partial charge is 0.486 e. The fraction of sp³-hybridized carbons (Fsp3) is 0.154. The van der Waals surface area contributed by atoms with E-state index < -0.39 is 0 Å². The van der Waals surface area contributed by atoms with Crippen LogP contribution >= 0.6 is 11.6 Å². The molecule has 3 heterocycles. The minimum absolute atomic E-state index is 0.254. The number of rotatable bonds is 5. The van der Waals surface area contributed by atoms with Crippen molar-refractivity contribution >= 4 is 41.2 Å². The number of nitrogens with two attached hydrogens (primary N) is 1. The summed E-state index contributed by atoms with van der Waals surface area (Å²) in [4.78, 5) is 41.8. The Morgan fingerprint density at radius 1 is 1.17 bits per heavy atom. The lowest BCUT2D eigenvalue weighted by Gasteiger charge is -2.11. The van der Waals surface area contributed by atoms with E-state index >= 15 is 0 Å². The van der Waals surface area contributed by atoms with Crippen LogP contribution in [0.2, 0.25) is 5.02 Å². The second-order valence-corrected chi connectivity index (χ2v) is 8.82. The molecule has 2 aliphatic rings. The molecule has 3 N–H and O–H groups in total. The van der Waals surface area contributed by atoms with Gasteiger partial charge in [0.25, 0.3) is 11.8 Å². The number of benzene rings is 2. The van der Waals surface area contributed by atoms with E-state index in [2.05, 4.69) is 10.3 Å². The normalized spacial score (nSPS) is 16.4. The van der Waals surface area contributed by atoms with Gasteiger partial charge in [-0.15, -0.1) is 0 Å². The number of pyridine rings is 1. The molecule has 0 spiro atoms. The highest BCUT2D eigenvalue weighted by atomic mass is 35.5. The second-order valence-electron chi connectivity index (χ2n) is 8.41. The second kappa shape index (κ2) is 8.88. The highest BCUT2D eigenvalue weighted by molar-refractivity contribution is 6.32. The van der Waals surface area contributed by atoms with Crippen LogP contribution < -0.4 is 15.8 Å². The molecule has 3 aromatic rings. The molecule has 2 aliphatic heterocycles. The van der Waals surface area contributed by atoms with Gasteiger partial charge in [0.2, 0.25) is 5.91 Å². The van der Waals surface area contributed by atoms with E-state index in [4.69, 9.17) is 22.1 Å². The summed E-state index contributed by atoms with van der Waals surface area (Å²) in [6.45, 7) is 0.311. The average molecular weight is 489 g/mol. The molecule has 35 heavy (non-hydrogen) atoms. The van der Waals surface area contributed by atoms with Gasteiger partial charge in [0.05, 0.1) is 22.7 Å². The number of carbonyl (C=O) groups excluding carboxylic acids is 3. The molecule has 1 unspecified atom stereocenters. The number of nitrogens with zero attached hydrogens (tertiary/aromatic N) is 2. The van der Waals surface area contributed by atoms with Crippen LogP contribution in [0.25, 0.3) is 17.2 Å². The van der Waals surface area contributed by atoms with Crippen LogP contribution in [0.5, 0.6) is 5.75 Å². The standard InChI is InChI=1S/C26H21ClN4O4/c1-31-25(33)19-5-4-15(10-20(19)26(31)34)16-8-17-9-18(35-24(17)21(27)11-16)13-30-23(32)7-3-14-2-6-22(28)29-12-14/h2-8,10-12,18H,9,13H2,1H3,(H2,28,29)(H,30,32)/b7-3+. The summed E-state index contributed by atoms with van der Waals surface area (Å²) >= 11 is 6.51. The van der Waals surface area contributed by atoms with Crippen molar-refractivity contribution < 1.29 is 19.1 Å². The van der Waals surface area contributed by atoms with Crippen molar-refractivity contribution in [3.63, 3.8) is 0 Å². The van der Waals surface area contributed by atoms with E-state index in [1.807, 2.05) is 6.07 Å². The van der Waals surface area contributed by atoms with E-state index in [1.54, 1.807) is 48.7 Å². The molecule has 3 amide bonds.